The standard InChI is InChI=1S/C12H10FN3O2S/c1-16(12-15-9(6-19-12)10(14)17)11(18)7-2-4-8(13)5-3-7/h2-6H,1H3,(H2,14,17). The van der Waals surface area contributed by atoms with Crippen molar-refractivity contribution >= 4 is 28.3 Å². The number of benzene rings is 1. The topological polar surface area (TPSA) is 76.3 Å². The minimum Gasteiger partial charge on any atom is -0.364 e. The lowest BCUT2D eigenvalue weighted by molar-refractivity contribution is 0.0982. The molecule has 1 aromatic carbocycles. The Morgan fingerprint density at radius 1 is 1.32 bits per heavy atom. The second kappa shape index (κ2) is 5.15. The van der Waals surface area contributed by atoms with Crippen molar-refractivity contribution in [2.75, 3.05) is 11.9 Å². The summed E-state index contributed by atoms with van der Waals surface area (Å²) in [6.45, 7) is 0. The Labute approximate surface area is 112 Å². The number of aromatic nitrogens is 1. The first kappa shape index (κ1) is 13.2. The third kappa shape index (κ3) is 2.76. The minimum absolute atomic E-state index is 0.110. The molecule has 2 amide bonds. The van der Waals surface area contributed by atoms with E-state index >= 15 is 0 Å². The highest BCUT2D eigenvalue weighted by atomic mass is 32.1. The summed E-state index contributed by atoms with van der Waals surface area (Å²) in [5.41, 5.74) is 5.53. The lowest BCUT2D eigenvalue weighted by Gasteiger charge is -2.13. The van der Waals surface area contributed by atoms with Gasteiger partial charge < -0.3 is 5.73 Å². The number of nitrogens with zero attached hydrogens (tertiary/aromatic N) is 2. The molecule has 0 aliphatic carbocycles. The highest BCUT2D eigenvalue weighted by molar-refractivity contribution is 7.14. The zero-order chi connectivity index (χ0) is 14.0. The van der Waals surface area contributed by atoms with Crippen LogP contribution in [0.3, 0.4) is 0 Å². The highest BCUT2D eigenvalue weighted by Crippen LogP contribution is 2.21. The Morgan fingerprint density at radius 3 is 2.47 bits per heavy atom. The third-order valence-electron chi connectivity index (χ3n) is 2.43. The molecule has 2 aromatic rings. The minimum atomic E-state index is -0.648. The molecule has 0 saturated carbocycles. The van der Waals surface area contributed by atoms with E-state index in [1.165, 1.54) is 41.6 Å². The van der Waals surface area contributed by atoms with E-state index in [9.17, 15) is 14.0 Å². The molecule has 0 radical (unpaired) electrons. The summed E-state index contributed by atoms with van der Waals surface area (Å²) in [5.74, 6) is -1.40. The van der Waals surface area contributed by atoms with Gasteiger partial charge in [0.15, 0.2) is 5.13 Å². The molecule has 0 unspecified atom stereocenters. The first-order valence-electron chi connectivity index (χ1n) is 5.28. The number of halogens is 1. The van der Waals surface area contributed by atoms with Gasteiger partial charge in [-0.2, -0.15) is 0 Å². The Balaban J connectivity index is 2.22. The van der Waals surface area contributed by atoms with Crippen molar-refractivity contribution in [3.05, 3.63) is 46.7 Å². The average molecular weight is 279 g/mol. The molecule has 0 aliphatic heterocycles. The molecule has 1 heterocycles. The number of amides is 2. The number of rotatable bonds is 3. The molecule has 98 valence electrons. The zero-order valence-corrected chi connectivity index (χ0v) is 10.8. The SMILES string of the molecule is CN(C(=O)c1ccc(F)cc1)c1nc(C(N)=O)cs1. The van der Waals surface area contributed by atoms with Crippen molar-refractivity contribution < 1.29 is 14.0 Å². The van der Waals surface area contributed by atoms with Crippen molar-refractivity contribution in [2.24, 2.45) is 5.73 Å². The molecule has 2 N–H and O–H groups in total. The largest absolute Gasteiger partial charge is 0.364 e. The van der Waals surface area contributed by atoms with Gasteiger partial charge in [-0.3, -0.25) is 14.5 Å². The second-order valence-electron chi connectivity index (χ2n) is 3.75. The number of carbonyl (C=O) groups is 2. The van der Waals surface area contributed by atoms with Gasteiger partial charge in [0.25, 0.3) is 11.8 Å². The van der Waals surface area contributed by atoms with E-state index in [2.05, 4.69) is 4.98 Å². The summed E-state index contributed by atoms with van der Waals surface area (Å²) in [6.07, 6.45) is 0. The quantitative estimate of drug-likeness (QED) is 0.928. The molecule has 0 bridgehead atoms. The number of nitrogens with two attached hydrogens (primary N) is 1. The predicted octanol–water partition coefficient (Wildman–Crippen LogP) is 1.66. The Kier molecular flexibility index (Phi) is 3.57. The van der Waals surface area contributed by atoms with E-state index in [0.29, 0.717) is 10.7 Å². The average Bonchev–Trinajstić information content (AvgIpc) is 2.87. The summed E-state index contributed by atoms with van der Waals surface area (Å²) >= 11 is 1.13. The number of hydrogen-bond acceptors (Lipinski definition) is 4. The molecule has 5 nitrogen and oxygen atoms in total. The number of thiazole rings is 1. The van der Waals surface area contributed by atoms with Crippen LogP contribution in [0.4, 0.5) is 9.52 Å². The van der Waals surface area contributed by atoms with Gasteiger partial charge >= 0.3 is 0 Å². The van der Waals surface area contributed by atoms with E-state index in [1.807, 2.05) is 0 Å². The van der Waals surface area contributed by atoms with Crippen LogP contribution in [0.5, 0.6) is 0 Å². The van der Waals surface area contributed by atoms with E-state index < -0.39 is 11.7 Å². The summed E-state index contributed by atoms with van der Waals surface area (Å²) < 4.78 is 12.8. The lowest BCUT2D eigenvalue weighted by Crippen LogP contribution is -2.26. The van der Waals surface area contributed by atoms with Crippen LogP contribution in [-0.4, -0.2) is 23.8 Å². The smallest absolute Gasteiger partial charge is 0.268 e. The second-order valence-corrected chi connectivity index (χ2v) is 4.59. The van der Waals surface area contributed by atoms with Gasteiger partial charge in [-0.1, -0.05) is 0 Å². The number of primary amides is 1. The summed E-state index contributed by atoms with van der Waals surface area (Å²) in [5, 5.41) is 1.83. The van der Waals surface area contributed by atoms with Crippen molar-refractivity contribution in [1.29, 1.82) is 0 Å². The fourth-order valence-corrected chi connectivity index (χ4v) is 2.18. The third-order valence-corrected chi connectivity index (χ3v) is 3.34. The van der Waals surface area contributed by atoms with E-state index in [1.54, 1.807) is 0 Å². The first-order chi connectivity index (χ1) is 8.99. The fourth-order valence-electron chi connectivity index (χ4n) is 1.40. The number of carbonyl (C=O) groups excluding carboxylic acids is 2. The summed E-state index contributed by atoms with van der Waals surface area (Å²) in [7, 11) is 1.52. The van der Waals surface area contributed by atoms with Crippen molar-refractivity contribution in [3.8, 4) is 0 Å². The van der Waals surface area contributed by atoms with Gasteiger partial charge in [-0.25, -0.2) is 9.37 Å². The maximum absolute atomic E-state index is 12.8. The summed E-state index contributed by atoms with van der Waals surface area (Å²) in [6, 6.07) is 5.18. The normalized spacial score (nSPS) is 10.2. The lowest BCUT2D eigenvalue weighted by atomic mass is 10.2. The molecule has 0 aliphatic rings. The molecule has 0 spiro atoms. The predicted molar refractivity (Wildman–Crippen MR) is 69.8 cm³/mol. The van der Waals surface area contributed by atoms with Crippen LogP contribution in [-0.2, 0) is 0 Å². The Hall–Kier alpha value is -2.28. The highest BCUT2D eigenvalue weighted by Gasteiger charge is 2.17. The monoisotopic (exact) mass is 279 g/mol. The number of anilines is 1. The van der Waals surface area contributed by atoms with Gasteiger partial charge in [0, 0.05) is 18.0 Å². The van der Waals surface area contributed by atoms with Gasteiger partial charge in [0.05, 0.1) is 0 Å². The van der Waals surface area contributed by atoms with Crippen molar-refractivity contribution in [1.82, 2.24) is 4.98 Å². The molecule has 0 atom stereocenters. The molecular weight excluding hydrogens is 269 g/mol. The van der Waals surface area contributed by atoms with Crippen molar-refractivity contribution in [2.45, 2.75) is 0 Å². The van der Waals surface area contributed by atoms with E-state index in [-0.39, 0.29) is 11.6 Å². The Morgan fingerprint density at radius 2 is 1.95 bits per heavy atom. The molecule has 0 fully saturated rings. The van der Waals surface area contributed by atoms with Crippen LogP contribution in [0.25, 0.3) is 0 Å². The van der Waals surface area contributed by atoms with Crippen molar-refractivity contribution in [3.63, 3.8) is 0 Å². The zero-order valence-electron chi connectivity index (χ0n) is 9.96. The molecular formula is C12H10FN3O2S. The molecule has 1 aromatic heterocycles. The van der Waals surface area contributed by atoms with E-state index in [4.69, 9.17) is 5.73 Å². The maximum atomic E-state index is 12.8. The Bertz CT molecular complexity index is 624. The number of hydrogen-bond donors (Lipinski definition) is 1. The van der Waals surface area contributed by atoms with Crippen LogP contribution in [0.1, 0.15) is 20.8 Å². The van der Waals surface area contributed by atoms with Gasteiger partial charge in [0.1, 0.15) is 11.5 Å². The fraction of sp³-hybridized carbons (Fsp3) is 0.0833. The molecule has 7 heteroatoms. The van der Waals surface area contributed by atoms with Crippen LogP contribution >= 0.6 is 11.3 Å². The first-order valence-corrected chi connectivity index (χ1v) is 6.16. The van der Waals surface area contributed by atoms with Crippen LogP contribution in [0, 0.1) is 5.82 Å². The van der Waals surface area contributed by atoms with Crippen LogP contribution < -0.4 is 10.6 Å². The molecule has 19 heavy (non-hydrogen) atoms. The maximum Gasteiger partial charge on any atom is 0.268 e. The summed E-state index contributed by atoms with van der Waals surface area (Å²) in [4.78, 5) is 28.3. The molecule has 0 saturated heterocycles. The van der Waals surface area contributed by atoms with Gasteiger partial charge in [-0.05, 0) is 24.3 Å². The molecule has 2 rings (SSSR count). The van der Waals surface area contributed by atoms with E-state index in [0.717, 1.165) is 11.3 Å². The van der Waals surface area contributed by atoms with Gasteiger partial charge in [-0.15, -0.1) is 11.3 Å². The van der Waals surface area contributed by atoms with Crippen LogP contribution in [0.15, 0.2) is 29.6 Å². The van der Waals surface area contributed by atoms with Gasteiger partial charge in [0.2, 0.25) is 0 Å². The van der Waals surface area contributed by atoms with Crippen LogP contribution in [0.2, 0.25) is 0 Å².